The van der Waals surface area contributed by atoms with Gasteiger partial charge in [-0.2, -0.15) is 0 Å². The number of methoxy groups -OCH3 is 2. The van der Waals surface area contributed by atoms with Crippen molar-refractivity contribution in [2.24, 2.45) is 0 Å². The summed E-state index contributed by atoms with van der Waals surface area (Å²) in [5.74, 6) is 2.13. The number of rotatable bonds is 2. The predicted octanol–water partition coefficient (Wildman–Crippen LogP) is 3.32. The SMILES string of the molecule is COc1c2c(c(OC)c3occc13)OC1(C=C2)CCN(C)CC1. The minimum Gasteiger partial charge on any atom is -0.495 e. The quantitative estimate of drug-likeness (QED) is 0.850. The van der Waals surface area contributed by atoms with Crippen LogP contribution >= 0.6 is 0 Å². The maximum absolute atomic E-state index is 6.47. The molecule has 1 aromatic heterocycles. The van der Waals surface area contributed by atoms with Gasteiger partial charge in [0.25, 0.3) is 0 Å². The molecule has 1 spiro atoms. The molecule has 1 fully saturated rings. The number of fused-ring (bicyclic) bond motifs is 2. The number of ether oxygens (including phenoxy) is 3. The highest BCUT2D eigenvalue weighted by atomic mass is 16.5. The molecule has 0 saturated carbocycles. The zero-order valence-electron chi connectivity index (χ0n) is 13.7. The topological polar surface area (TPSA) is 44.1 Å². The highest BCUT2D eigenvalue weighted by molar-refractivity contribution is 5.96. The fraction of sp³-hybridized carbons (Fsp3) is 0.444. The van der Waals surface area contributed by atoms with E-state index in [0.29, 0.717) is 11.3 Å². The lowest BCUT2D eigenvalue weighted by molar-refractivity contribution is 0.0448. The van der Waals surface area contributed by atoms with Crippen molar-refractivity contribution < 1.29 is 18.6 Å². The van der Waals surface area contributed by atoms with E-state index in [1.807, 2.05) is 6.07 Å². The molecule has 5 heteroatoms. The van der Waals surface area contributed by atoms with Crippen LogP contribution < -0.4 is 14.2 Å². The van der Waals surface area contributed by atoms with Crippen molar-refractivity contribution in [2.45, 2.75) is 18.4 Å². The molecule has 1 aromatic carbocycles. The zero-order valence-corrected chi connectivity index (χ0v) is 13.7. The van der Waals surface area contributed by atoms with Crippen LogP contribution in [-0.4, -0.2) is 44.9 Å². The summed E-state index contributed by atoms with van der Waals surface area (Å²) in [5, 5.41) is 0.899. The average molecular weight is 315 g/mol. The smallest absolute Gasteiger partial charge is 0.205 e. The number of likely N-dealkylation sites (tertiary alicyclic amines) is 1. The van der Waals surface area contributed by atoms with Crippen molar-refractivity contribution >= 4 is 17.0 Å². The number of piperidine rings is 1. The summed E-state index contributed by atoms with van der Waals surface area (Å²) < 4.78 is 23.3. The highest BCUT2D eigenvalue weighted by Gasteiger charge is 2.39. The van der Waals surface area contributed by atoms with E-state index in [9.17, 15) is 0 Å². The van der Waals surface area contributed by atoms with Gasteiger partial charge in [-0.3, -0.25) is 0 Å². The summed E-state index contributed by atoms with van der Waals surface area (Å²) >= 11 is 0. The lowest BCUT2D eigenvalue weighted by Gasteiger charge is -2.41. The Morgan fingerprint density at radius 2 is 1.87 bits per heavy atom. The lowest BCUT2D eigenvalue weighted by atomic mass is 9.88. The summed E-state index contributed by atoms with van der Waals surface area (Å²) in [6.45, 7) is 2.03. The normalized spacial score (nSPS) is 19.6. The monoisotopic (exact) mass is 315 g/mol. The minimum atomic E-state index is -0.266. The summed E-state index contributed by atoms with van der Waals surface area (Å²) in [4.78, 5) is 2.32. The van der Waals surface area contributed by atoms with Crippen LogP contribution in [0.3, 0.4) is 0 Å². The predicted molar refractivity (Wildman–Crippen MR) is 88.4 cm³/mol. The van der Waals surface area contributed by atoms with Gasteiger partial charge >= 0.3 is 0 Å². The molecule has 5 nitrogen and oxygen atoms in total. The second-order valence-corrected chi connectivity index (χ2v) is 6.28. The first-order valence-corrected chi connectivity index (χ1v) is 7.89. The summed E-state index contributed by atoms with van der Waals surface area (Å²) in [6, 6.07) is 1.89. The molecule has 0 atom stereocenters. The van der Waals surface area contributed by atoms with E-state index in [-0.39, 0.29) is 5.60 Å². The maximum atomic E-state index is 6.47. The van der Waals surface area contributed by atoms with Gasteiger partial charge < -0.3 is 23.5 Å². The molecule has 122 valence electrons. The molecular weight excluding hydrogens is 294 g/mol. The van der Waals surface area contributed by atoms with Gasteiger partial charge in [0.05, 0.1) is 31.4 Å². The van der Waals surface area contributed by atoms with E-state index in [4.69, 9.17) is 18.6 Å². The Kier molecular flexibility index (Phi) is 3.27. The van der Waals surface area contributed by atoms with E-state index < -0.39 is 0 Å². The molecule has 2 aliphatic rings. The third kappa shape index (κ3) is 2.10. The molecular formula is C18H21NO4. The molecule has 1 saturated heterocycles. The van der Waals surface area contributed by atoms with Gasteiger partial charge in [0.2, 0.25) is 5.75 Å². The maximum Gasteiger partial charge on any atom is 0.205 e. The van der Waals surface area contributed by atoms with Gasteiger partial charge in [0.1, 0.15) is 11.4 Å². The molecule has 0 unspecified atom stereocenters. The van der Waals surface area contributed by atoms with Gasteiger partial charge in [-0.15, -0.1) is 0 Å². The van der Waals surface area contributed by atoms with Crippen molar-refractivity contribution in [3.05, 3.63) is 24.0 Å². The Bertz CT molecular complexity index is 769. The van der Waals surface area contributed by atoms with Gasteiger partial charge in [0, 0.05) is 25.9 Å². The standard InChI is InChI=1S/C18H21NO4/c1-19-9-7-18(8-10-19)6-4-12-14(20-2)13-5-11-22-15(13)17(21-3)16(12)23-18/h4-6,11H,7-10H2,1-3H3. The van der Waals surface area contributed by atoms with Crippen molar-refractivity contribution in [3.63, 3.8) is 0 Å². The number of nitrogens with zero attached hydrogens (tertiary/aromatic N) is 1. The first-order valence-electron chi connectivity index (χ1n) is 7.89. The van der Waals surface area contributed by atoms with Gasteiger partial charge in [-0.05, 0) is 25.3 Å². The van der Waals surface area contributed by atoms with Crippen molar-refractivity contribution in [2.75, 3.05) is 34.4 Å². The van der Waals surface area contributed by atoms with Crippen molar-refractivity contribution in [1.82, 2.24) is 4.90 Å². The van der Waals surface area contributed by atoms with Crippen LogP contribution in [0.25, 0.3) is 17.0 Å². The van der Waals surface area contributed by atoms with Crippen LogP contribution in [0, 0.1) is 0 Å². The molecule has 4 rings (SSSR count). The van der Waals surface area contributed by atoms with Crippen LogP contribution in [-0.2, 0) is 0 Å². The van der Waals surface area contributed by atoms with Crippen molar-refractivity contribution in [3.8, 4) is 17.2 Å². The summed E-state index contributed by atoms with van der Waals surface area (Å²) in [5.41, 5.74) is 1.32. The lowest BCUT2D eigenvalue weighted by Crippen LogP contribution is -2.46. The van der Waals surface area contributed by atoms with Gasteiger partial charge in [0.15, 0.2) is 11.3 Å². The second-order valence-electron chi connectivity index (χ2n) is 6.28. The molecule has 0 radical (unpaired) electrons. The molecule has 0 bridgehead atoms. The largest absolute Gasteiger partial charge is 0.495 e. The second kappa shape index (κ2) is 5.20. The van der Waals surface area contributed by atoms with E-state index in [0.717, 1.165) is 48.4 Å². The number of benzene rings is 1. The molecule has 0 amide bonds. The Morgan fingerprint density at radius 1 is 1.13 bits per heavy atom. The van der Waals surface area contributed by atoms with E-state index in [1.165, 1.54) is 0 Å². The Labute approximate surface area is 135 Å². The molecule has 0 N–H and O–H groups in total. The molecule has 2 aromatic rings. The number of hydrogen-bond donors (Lipinski definition) is 0. The molecule has 0 aliphatic carbocycles. The Hall–Kier alpha value is -2.14. The third-order valence-corrected chi connectivity index (χ3v) is 4.91. The summed E-state index contributed by atoms with van der Waals surface area (Å²) in [7, 11) is 5.46. The minimum absolute atomic E-state index is 0.266. The van der Waals surface area contributed by atoms with Crippen LogP contribution in [0.1, 0.15) is 18.4 Å². The molecule has 3 heterocycles. The Morgan fingerprint density at radius 3 is 2.57 bits per heavy atom. The van der Waals surface area contributed by atoms with Gasteiger partial charge in [-0.25, -0.2) is 0 Å². The van der Waals surface area contributed by atoms with Gasteiger partial charge in [-0.1, -0.05) is 0 Å². The van der Waals surface area contributed by atoms with E-state index in [2.05, 4.69) is 24.1 Å². The molecule has 2 aliphatic heterocycles. The third-order valence-electron chi connectivity index (χ3n) is 4.91. The first kappa shape index (κ1) is 14.5. The fourth-order valence-corrected chi connectivity index (χ4v) is 3.53. The van der Waals surface area contributed by atoms with E-state index in [1.54, 1.807) is 20.5 Å². The molecule has 23 heavy (non-hydrogen) atoms. The van der Waals surface area contributed by atoms with Crippen LogP contribution in [0.15, 0.2) is 22.8 Å². The summed E-state index contributed by atoms with van der Waals surface area (Å²) in [6.07, 6.45) is 7.85. The van der Waals surface area contributed by atoms with E-state index >= 15 is 0 Å². The van der Waals surface area contributed by atoms with Crippen LogP contribution in [0.2, 0.25) is 0 Å². The number of furan rings is 1. The average Bonchev–Trinajstić information content (AvgIpc) is 3.04. The first-order chi connectivity index (χ1) is 11.2. The Balaban J connectivity index is 1.88. The fourth-order valence-electron chi connectivity index (χ4n) is 3.53. The van der Waals surface area contributed by atoms with Crippen LogP contribution in [0.5, 0.6) is 17.2 Å². The number of hydrogen-bond acceptors (Lipinski definition) is 5. The zero-order chi connectivity index (χ0) is 16.0. The highest BCUT2D eigenvalue weighted by Crippen LogP contribution is 2.51. The van der Waals surface area contributed by atoms with Crippen molar-refractivity contribution in [1.29, 1.82) is 0 Å². The van der Waals surface area contributed by atoms with Crippen LogP contribution in [0.4, 0.5) is 0 Å².